The first-order valence-corrected chi connectivity index (χ1v) is 9.95. The van der Waals surface area contributed by atoms with E-state index in [-0.39, 0.29) is 11.9 Å². The van der Waals surface area contributed by atoms with Gasteiger partial charge in [-0.1, -0.05) is 36.4 Å². The van der Waals surface area contributed by atoms with Crippen molar-refractivity contribution in [2.24, 2.45) is 17.8 Å². The highest BCUT2D eigenvalue weighted by Gasteiger charge is 2.42. The Morgan fingerprint density at radius 1 is 1.32 bits per heavy atom. The fraction of sp³-hybridized carbons (Fsp3) is 0.556. The van der Waals surface area contributed by atoms with Crippen LogP contribution in [0.5, 0.6) is 0 Å². The number of carbonyl (C=O) groups is 1. The van der Waals surface area contributed by atoms with E-state index in [1.165, 1.54) is 37.4 Å². The second kappa shape index (κ2) is 7.15. The van der Waals surface area contributed by atoms with Crippen LogP contribution in [0.1, 0.15) is 32.6 Å². The lowest BCUT2D eigenvalue weighted by atomic mass is 9.84. The van der Waals surface area contributed by atoms with Gasteiger partial charge in [0.05, 0.1) is 11.4 Å². The maximum absolute atomic E-state index is 12.3. The smallest absolute Gasteiger partial charge is 0.230 e. The fourth-order valence-electron chi connectivity index (χ4n) is 4.44. The van der Waals surface area contributed by atoms with E-state index in [4.69, 9.17) is 0 Å². The van der Waals surface area contributed by atoms with Gasteiger partial charge >= 0.3 is 0 Å². The van der Waals surface area contributed by atoms with Gasteiger partial charge in [-0.15, -0.1) is 5.10 Å². The summed E-state index contributed by atoms with van der Waals surface area (Å²) in [7, 11) is 0. The van der Waals surface area contributed by atoms with E-state index in [1.54, 1.807) is 4.68 Å². The van der Waals surface area contributed by atoms with E-state index in [1.807, 2.05) is 30.3 Å². The Hall–Kier alpha value is -1.89. The molecule has 4 rings (SSSR count). The van der Waals surface area contributed by atoms with E-state index >= 15 is 0 Å². The molecule has 4 unspecified atom stereocenters. The van der Waals surface area contributed by atoms with Crippen LogP contribution in [0.3, 0.4) is 0 Å². The molecule has 2 aliphatic carbocycles. The van der Waals surface area contributed by atoms with Crippen molar-refractivity contribution in [3.63, 3.8) is 0 Å². The van der Waals surface area contributed by atoms with E-state index in [9.17, 15) is 4.79 Å². The number of rotatable bonds is 6. The zero-order valence-corrected chi connectivity index (χ0v) is 15.2. The molecule has 25 heavy (non-hydrogen) atoms. The van der Waals surface area contributed by atoms with Crippen LogP contribution in [0, 0.1) is 17.8 Å². The van der Waals surface area contributed by atoms with Gasteiger partial charge in [-0.05, 0) is 66.5 Å². The van der Waals surface area contributed by atoms with Crippen LogP contribution in [-0.4, -0.2) is 37.9 Å². The Morgan fingerprint density at radius 2 is 2.16 bits per heavy atom. The number of para-hydroxylation sites is 1. The minimum Gasteiger partial charge on any atom is -0.353 e. The van der Waals surface area contributed by atoms with Crippen molar-refractivity contribution in [1.29, 1.82) is 0 Å². The third-order valence-corrected chi connectivity index (χ3v) is 6.52. The normalized spacial score (nSPS) is 25.9. The zero-order valence-electron chi connectivity index (χ0n) is 14.3. The van der Waals surface area contributed by atoms with Crippen molar-refractivity contribution < 1.29 is 4.79 Å². The lowest BCUT2D eigenvalue weighted by Gasteiger charge is -2.28. The summed E-state index contributed by atoms with van der Waals surface area (Å²) in [6.45, 7) is 2.15. The average molecular weight is 357 g/mol. The zero-order chi connectivity index (χ0) is 17.2. The molecule has 132 valence electrons. The van der Waals surface area contributed by atoms with Crippen LogP contribution in [0.15, 0.2) is 35.5 Å². The van der Waals surface area contributed by atoms with Gasteiger partial charge in [-0.25, -0.2) is 0 Å². The first-order chi connectivity index (χ1) is 12.2. The van der Waals surface area contributed by atoms with E-state index in [0.717, 1.165) is 17.5 Å². The number of amides is 1. The molecule has 0 radical (unpaired) electrons. The monoisotopic (exact) mass is 357 g/mol. The Balaban J connectivity index is 1.32. The SMILES string of the molecule is CC(NC(=O)CSc1nnnn1-c1ccccc1)C1CC2CCC1C2. The summed E-state index contributed by atoms with van der Waals surface area (Å²) in [6.07, 6.45) is 5.38. The average Bonchev–Trinajstić information content (AvgIpc) is 3.37. The number of hydrogen-bond acceptors (Lipinski definition) is 5. The molecule has 1 N–H and O–H groups in total. The van der Waals surface area contributed by atoms with Gasteiger partial charge in [0, 0.05) is 6.04 Å². The van der Waals surface area contributed by atoms with Crippen LogP contribution in [0.2, 0.25) is 0 Å². The molecule has 1 aromatic carbocycles. The minimum absolute atomic E-state index is 0.0582. The summed E-state index contributed by atoms with van der Waals surface area (Å²) in [5.41, 5.74) is 0.894. The number of tetrazole rings is 1. The number of benzene rings is 1. The molecule has 1 heterocycles. The first kappa shape index (κ1) is 16.6. The number of thioether (sulfide) groups is 1. The fourth-order valence-corrected chi connectivity index (χ4v) is 5.14. The van der Waals surface area contributed by atoms with Crippen molar-refractivity contribution in [1.82, 2.24) is 25.5 Å². The summed E-state index contributed by atoms with van der Waals surface area (Å²) in [5, 5.41) is 15.6. The largest absolute Gasteiger partial charge is 0.353 e. The van der Waals surface area contributed by atoms with Crippen molar-refractivity contribution >= 4 is 17.7 Å². The second-order valence-corrected chi connectivity index (χ2v) is 8.13. The van der Waals surface area contributed by atoms with Crippen LogP contribution in [-0.2, 0) is 4.79 Å². The van der Waals surface area contributed by atoms with Gasteiger partial charge in [0.1, 0.15) is 0 Å². The molecular formula is C18H23N5OS. The highest BCUT2D eigenvalue weighted by molar-refractivity contribution is 7.99. The number of aromatic nitrogens is 4. The molecule has 2 aromatic rings. The van der Waals surface area contributed by atoms with Crippen molar-refractivity contribution in [2.75, 3.05) is 5.75 Å². The number of fused-ring (bicyclic) bond motifs is 2. The molecule has 1 aromatic heterocycles. The summed E-state index contributed by atoms with van der Waals surface area (Å²) >= 11 is 1.37. The lowest BCUT2D eigenvalue weighted by Crippen LogP contribution is -2.40. The predicted molar refractivity (Wildman–Crippen MR) is 96.4 cm³/mol. The van der Waals surface area contributed by atoms with Crippen LogP contribution >= 0.6 is 11.8 Å². The standard InChI is InChI=1S/C18H23N5OS/c1-12(16-10-13-7-8-14(16)9-13)19-17(24)11-25-18-20-21-22-23(18)15-5-3-2-4-6-15/h2-6,12-14,16H,7-11H2,1H3,(H,19,24). The molecule has 0 spiro atoms. The maximum atomic E-state index is 12.3. The summed E-state index contributed by atoms with van der Waals surface area (Å²) < 4.78 is 1.66. The molecule has 1 amide bonds. The second-order valence-electron chi connectivity index (χ2n) is 7.19. The Kier molecular flexibility index (Phi) is 4.74. The number of nitrogens with zero attached hydrogens (tertiary/aromatic N) is 4. The maximum Gasteiger partial charge on any atom is 0.230 e. The van der Waals surface area contributed by atoms with E-state index in [0.29, 0.717) is 16.8 Å². The first-order valence-electron chi connectivity index (χ1n) is 8.96. The van der Waals surface area contributed by atoms with E-state index < -0.39 is 0 Å². The Labute approximate surface area is 151 Å². The molecule has 7 heteroatoms. The van der Waals surface area contributed by atoms with Crippen molar-refractivity contribution in [2.45, 2.75) is 43.8 Å². The molecule has 2 bridgehead atoms. The molecular weight excluding hydrogens is 334 g/mol. The van der Waals surface area contributed by atoms with Crippen molar-refractivity contribution in [3.05, 3.63) is 30.3 Å². The molecule has 6 nitrogen and oxygen atoms in total. The van der Waals surface area contributed by atoms with Gasteiger partial charge < -0.3 is 5.32 Å². The molecule has 0 aliphatic heterocycles. The van der Waals surface area contributed by atoms with Gasteiger partial charge in [-0.2, -0.15) is 4.68 Å². The third-order valence-electron chi connectivity index (χ3n) is 5.60. The minimum atomic E-state index is 0.0582. The summed E-state index contributed by atoms with van der Waals surface area (Å²) in [6, 6.07) is 9.97. The summed E-state index contributed by atoms with van der Waals surface area (Å²) in [4.78, 5) is 12.3. The Bertz CT molecular complexity index is 734. The molecule has 2 fully saturated rings. The van der Waals surface area contributed by atoms with Crippen LogP contribution < -0.4 is 5.32 Å². The molecule has 2 saturated carbocycles. The van der Waals surface area contributed by atoms with Crippen LogP contribution in [0.4, 0.5) is 0 Å². The van der Waals surface area contributed by atoms with Crippen LogP contribution in [0.25, 0.3) is 5.69 Å². The topological polar surface area (TPSA) is 72.7 Å². The Morgan fingerprint density at radius 3 is 2.88 bits per heavy atom. The highest BCUT2D eigenvalue weighted by atomic mass is 32.2. The number of hydrogen-bond donors (Lipinski definition) is 1. The number of carbonyl (C=O) groups excluding carboxylic acids is 1. The molecule has 4 atom stereocenters. The van der Waals surface area contributed by atoms with Gasteiger partial charge in [0.2, 0.25) is 11.1 Å². The van der Waals surface area contributed by atoms with Gasteiger partial charge in [-0.3, -0.25) is 4.79 Å². The van der Waals surface area contributed by atoms with Gasteiger partial charge in [0.15, 0.2) is 0 Å². The predicted octanol–water partition coefficient (Wildman–Crippen LogP) is 2.70. The van der Waals surface area contributed by atoms with E-state index in [2.05, 4.69) is 27.8 Å². The summed E-state index contributed by atoms with van der Waals surface area (Å²) in [5.74, 6) is 2.76. The van der Waals surface area contributed by atoms with Gasteiger partial charge in [0.25, 0.3) is 0 Å². The molecule has 2 aliphatic rings. The quantitative estimate of drug-likeness (QED) is 0.805. The lowest BCUT2D eigenvalue weighted by molar-refractivity contribution is -0.119. The molecule has 0 saturated heterocycles. The highest BCUT2D eigenvalue weighted by Crippen LogP contribution is 2.49. The number of nitrogens with one attached hydrogen (secondary N) is 1. The third kappa shape index (κ3) is 3.56. The van der Waals surface area contributed by atoms with Crippen molar-refractivity contribution in [3.8, 4) is 5.69 Å².